The highest BCUT2D eigenvalue weighted by Gasteiger charge is 2.01. The first-order valence-electron chi connectivity index (χ1n) is 2.67. The zero-order valence-corrected chi connectivity index (χ0v) is 6.64. The molecule has 0 aromatic heterocycles. The lowest BCUT2D eigenvalue weighted by molar-refractivity contribution is -0.131. The normalized spacial score (nSPS) is 9.55. The Balaban J connectivity index is 3.84. The number of Topliss-reactive ketones (excluding diaryl/α,β-unsaturated/α-hetero) is 2. The van der Waals surface area contributed by atoms with Crippen molar-refractivity contribution in [1.29, 1.82) is 0 Å². The van der Waals surface area contributed by atoms with Gasteiger partial charge in [-0.15, -0.1) is 0 Å². The first kappa shape index (κ1) is 9.70. The van der Waals surface area contributed by atoms with Crippen molar-refractivity contribution in [3.8, 4) is 0 Å². The molecule has 0 bridgehead atoms. The Hall–Kier alpha value is -1.30. The molecule has 0 aliphatic rings. The second-order valence-corrected chi connectivity index (χ2v) is 2.09. The molecule has 0 radical (unpaired) electrons. The molecule has 0 rings (SSSR count). The standard InChI is InChI=1S/C5H7N3O2S/c1-3(9)4(10)2-7-8-5(6)11/h2H,1H3,(H3,6,8,11)/b7-2+. The summed E-state index contributed by atoms with van der Waals surface area (Å²) < 4.78 is 0. The molecule has 11 heavy (non-hydrogen) atoms. The molecule has 0 aromatic rings. The quantitative estimate of drug-likeness (QED) is 0.246. The van der Waals surface area contributed by atoms with E-state index in [1.165, 1.54) is 0 Å². The van der Waals surface area contributed by atoms with Crippen LogP contribution in [0.15, 0.2) is 5.10 Å². The van der Waals surface area contributed by atoms with Gasteiger partial charge in [0.25, 0.3) is 0 Å². The molecule has 60 valence electrons. The van der Waals surface area contributed by atoms with Crippen LogP contribution in [-0.4, -0.2) is 22.9 Å². The van der Waals surface area contributed by atoms with Crippen LogP contribution in [0, 0.1) is 0 Å². The van der Waals surface area contributed by atoms with Gasteiger partial charge in [0.15, 0.2) is 5.11 Å². The Kier molecular flexibility index (Phi) is 3.97. The fraction of sp³-hybridized carbons (Fsp3) is 0.200. The second kappa shape index (κ2) is 4.51. The monoisotopic (exact) mass is 173 g/mol. The molecule has 0 spiro atoms. The SMILES string of the molecule is CC(=O)C(=O)/C=N/NC(N)=S. The van der Waals surface area contributed by atoms with Gasteiger partial charge < -0.3 is 5.73 Å². The Morgan fingerprint density at radius 1 is 1.64 bits per heavy atom. The topological polar surface area (TPSA) is 84.5 Å². The van der Waals surface area contributed by atoms with E-state index in [4.69, 9.17) is 5.73 Å². The van der Waals surface area contributed by atoms with Gasteiger partial charge in [-0.1, -0.05) is 0 Å². The van der Waals surface area contributed by atoms with E-state index in [1.807, 2.05) is 0 Å². The molecule has 0 atom stereocenters. The van der Waals surface area contributed by atoms with Crippen LogP contribution >= 0.6 is 12.2 Å². The summed E-state index contributed by atoms with van der Waals surface area (Å²) in [5, 5.41) is 3.22. The van der Waals surface area contributed by atoms with E-state index in [2.05, 4.69) is 22.7 Å². The van der Waals surface area contributed by atoms with Crippen molar-refractivity contribution in [2.45, 2.75) is 6.92 Å². The van der Waals surface area contributed by atoms with Crippen LogP contribution in [0.2, 0.25) is 0 Å². The Morgan fingerprint density at radius 2 is 2.18 bits per heavy atom. The lowest BCUT2D eigenvalue weighted by Crippen LogP contribution is -2.25. The van der Waals surface area contributed by atoms with Gasteiger partial charge in [-0.3, -0.25) is 15.0 Å². The zero-order chi connectivity index (χ0) is 8.85. The summed E-state index contributed by atoms with van der Waals surface area (Å²) in [6.45, 7) is 1.15. The average molecular weight is 173 g/mol. The molecule has 0 heterocycles. The third-order valence-corrected chi connectivity index (χ3v) is 0.795. The van der Waals surface area contributed by atoms with Crippen molar-refractivity contribution in [3.63, 3.8) is 0 Å². The highest BCUT2D eigenvalue weighted by molar-refractivity contribution is 7.80. The number of hydrazone groups is 1. The van der Waals surface area contributed by atoms with E-state index in [1.54, 1.807) is 0 Å². The lowest BCUT2D eigenvalue weighted by Gasteiger charge is -1.91. The first-order chi connectivity index (χ1) is 5.04. The van der Waals surface area contributed by atoms with Crippen LogP contribution in [0.1, 0.15) is 6.92 Å². The number of hydrogen-bond donors (Lipinski definition) is 2. The minimum absolute atomic E-state index is 0.0578. The van der Waals surface area contributed by atoms with Crippen molar-refractivity contribution < 1.29 is 9.59 Å². The van der Waals surface area contributed by atoms with E-state index in [9.17, 15) is 9.59 Å². The molecular formula is C5H7N3O2S. The van der Waals surface area contributed by atoms with Gasteiger partial charge in [-0.25, -0.2) is 0 Å². The molecule has 0 aliphatic heterocycles. The van der Waals surface area contributed by atoms with Gasteiger partial charge in [0.1, 0.15) is 0 Å². The molecule has 0 fully saturated rings. The number of nitrogens with one attached hydrogen (secondary N) is 1. The van der Waals surface area contributed by atoms with Crippen LogP contribution in [-0.2, 0) is 9.59 Å². The number of ketones is 2. The van der Waals surface area contributed by atoms with E-state index in [0.717, 1.165) is 13.1 Å². The van der Waals surface area contributed by atoms with E-state index in [-0.39, 0.29) is 5.11 Å². The third kappa shape index (κ3) is 5.16. The molecular weight excluding hydrogens is 166 g/mol. The number of rotatable bonds is 3. The van der Waals surface area contributed by atoms with Crippen LogP contribution < -0.4 is 11.2 Å². The Morgan fingerprint density at radius 3 is 2.55 bits per heavy atom. The van der Waals surface area contributed by atoms with Crippen molar-refractivity contribution in [1.82, 2.24) is 5.43 Å². The summed E-state index contributed by atoms with van der Waals surface area (Å²) in [5.41, 5.74) is 7.10. The summed E-state index contributed by atoms with van der Waals surface area (Å²) in [6, 6.07) is 0. The lowest BCUT2D eigenvalue weighted by atomic mass is 10.3. The van der Waals surface area contributed by atoms with Crippen LogP contribution in [0.3, 0.4) is 0 Å². The molecule has 0 unspecified atom stereocenters. The maximum Gasteiger partial charge on any atom is 0.241 e. The summed E-state index contributed by atoms with van der Waals surface area (Å²) >= 11 is 4.37. The average Bonchev–Trinajstić information content (AvgIpc) is 1.86. The molecule has 0 amide bonds. The van der Waals surface area contributed by atoms with Crippen molar-refractivity contribution in [2.75, 3.05) is 0 Å². The molecule has 0 aromatic carbocycles. The van der Waals surface area contributed by atoms with Gasteiger partial charge in [0.05, 0.1) is 6.21 Å². The van der Waals surface area contributed by atoms with Crippen molar-refractivity contribution >= 4 is 35.1 Å². The van der Waals surface area contributed by atoms with Gasteiger partial charge in [-0.05, 0) is 12.2 Å². The van der Waals surface area contributed by atoms with E-state index < -0.39 is 11.6 Å². The molecule has 0 saturated carbocycles. The molecule has 0 aliphatic carbocycles. The highest BCUT2D eigenvalue weighted by atomic mass is 32.1. The number of nitrogens with zero attached hydrogens (tertiary/aromatic N) is 1. The predicted octanol–water partition coefficient (Wildman–Crippen LogP) is -1.04. The van der Waals surface area contributed by atoms with Gasteiger partial charge in [-0.2, -0.15) is 5.10 Å². The number of nitrogens with two attached hydrogens (primary N) is 1. The maximum atomic E-state index is 10.5. The van der Waals surface area contributed by atoms with E-state index >= 15 is 0 Å². The van der Waals surface area contributed by atoms with Gasteiger partial charge in [0, 0.05) is 6.92 Å². The highest BCUT2D eigenvalue weighted by Crippen LogP contribution is 1.69. The number of carbonyl (C=O) groups excluding carboxylic acids is 2. The Labute approximate surface area is 68.6 Å². The van der Waals surface area contributed by atoms with Crippen molar-refractivity contribution in [2.24, 2.45) is 10.8 Å². The summed E-state index contributed by atoms with van der Waals surface area (Å²) in [5.74, 6) is -1.28. The summed E-state index contributed by atoms with van der Waals surface area (Å²) in [4.78, 5) is 20.8. The number of carbonyl (C=O) groups is 2. The van der Waals surface area contributed by atoms with Crippen molar-refractivity contribution in [3.05, 3.63) is 0 Å². The summed E-state index contributed by atoms with van der Waals surface area (Å²) in [6.07, 6.45) is 0.821. The Bertz CT molecular complexity index is 224. The van der Waals surface area contributed by atoms with Crippen LogP contribution in [0.5, 0.6) is 0 Å². The predicted molar refractivity (Wildman–Crippen MR) is 44.1 cm³/mol. The third-order valence-electron chi connectivity index (χ3n) is 0.704. The second-order valence-electron chi connectivity index (χ2n) is 1.65. The smallest absolute Gasteiger partial charge is 0.241 e. The largest absolute Gasteiger partial charge is 0.375 e. The molecule has 5 nitrogen and oxygen atoms in total. The molecule has 3 N–H and O–H groups in total. The fourth-order valence-corrected chi connectivity index (χ4v) is 0.298. The first-order valence-corrected chi connectivity index (χ1v) is 3.08. The van der Waals surface area contributed by atoms with Gasteiger partial charge in [0.2, 0.25) is 11.6 Å². The molecule has 6 heteroatoms. The fourth-order valence-electron chi connectivity index (χ4n) is 0.245. The maximum absolute atomic E-state index is 10.5. The summed E-state index contributed by atoms with van der Waals surface area (Å²) in [7, 11) is 0. The van der Waals surface area contributed by atoms with Gasteiger partial charge >= 0.3 is 0 Å². The zero-order valence-electron chi connectivity index (χ0n) is 5.83. The van der Waals surface area contributed by atoms with Crippen LogP contribution in [0.4, 0.5) is 0 Å². The van der Waals surface area contributed by atoms with Crippen LogP contribution in [0.25, 0.3) is 0 Å². The minimum Gasteiger partial charge on any atom is -0.375 e. The molecule has 0 saturated heterocycles. The van der Waals surface area contributed by atoms with E-state index in [0.29, 0.717) is 0 Å². The number of thiocarbonyl (C=S) groups is 1. The minimum atomic E-state index is -0.700. The number of hydrogen-bond acceptors (Lipinski definition) is 4.